The number of thioether (sulfide) groups is 1. The molecule has 1 aliphatic rings. The van der Waals surface area contributed by atoms with E-state index < -0.39 is 0 Å². The van der Waals surface area contributed by atoms with Crippen molar-refractivity contribution in [2.75, 3.05) is 10.7 Å². The number of nitrogens with one attached hydrogen (secondary N) is 1. The zero-order chi connectivity index (χ0) is 17.2. The molecule has 0 bridgehead atoms. The molecular formula is C18H13N3O2S2. The van der Waals surface area contributed by atoms with Crippen LogP contribution >= 0.6 is 23.5 Å². The lowest BCUT2D eigenvalue weighted by molar-refractivity contribution is -0.115. The highest BCUT2D eigenvalue weighted by molar-refractivity contribution is 8.00. The van der Waals surface area contributed by atoms with Crippen LogP contribution in [0.15, 0.2) is 80.5 Å². The molecule has 1 aliphatic heterocycles. The SMILES string of the molecule is O=C(CSc1nccc(=O)[nH]1)N1c2ccccc2Sc2ccccc21. The number of H-pyrrole nitrogens is 1. The number of rotatable bonds is 3. The zero-order valence-electron chi connectivity index (χ0n) is 13.0. The molecule has 25 heavy (non-hydrogen) atoms. The summed E-state index contributed by atoms with van der Waals surface area (Å²) in [6.45, 7) is 0. The van der Waals surface area contributed by atoms with Crippen LogP contribution in [0.2, 0.25) is 0 Å². The number of amides is 1. The minimum atomic E-state index is -0.227. The lowest BCUT2D eigenvalue weighted by Gasteiger charge is -2.30. The normalized spacial score (nSPS) is 12.4. The molecule has 0 saturated carbocycles. The van der Waals surface area contributed by atoms with E-state index in [1.54, 1.807) is 16.7 Å². The average Bonchev–Trinajstić information content (AvgIpc) is 2.64. The Balaban J connectivity index is 1.65. The Labute approximate surface area is 152 Å². The highest BCUT2D eigenvalue weighted by atomic mass is 32.2. The van der Waals surface area contributed by atoms with Gasteiger partial charge in [-0.3, -0.25) is 14.5 Å². The average molecular weight is 367 g/mol. The predicted octanol–water partition coefficient (Wildman–Crippen LogP) is 3.69. The lowest BCUT2D eigenvalue weighted by atomic mass is 10.2. The van der Waals surface area contributed by atoms with Crippen molar-refractivity contribution >= 4 is 40.8 Å². The van der Waals surface area contributed by atoms with E-state index in [2.05, 4.69) is 9.97 Å². The number of benzene rings is 2. The first-order chi connectivity index (χ1) is 12.2. The second-order valence-corrected chi connectivity index (χ2v) is 7.34. The molecule has 1 amide bonds. The van der Waals surface area contributed by atoms with Gasteiger partial charge in [0, 0.05) is 22.1 Å². The zero-order valence-corrected chi connectivity index (χ0v) is 14.6. The van der Waals surface area contributed by atoms with Crippen LogP contribution in [-0.4, -0.2) is 21.6 Å². The third kappa shape index (κ3) is 3.20. The fourth-order valence-electron chi connectivity index (χ4n) is 2.59. The standard InChI is InChI=1S/C18H13N3O2S2/c22-16-9-10-19-18(20-16)24-11-17(23)21-12-5-1-3-7-14(12)25-15-8-4-2-6-13(15)21/h1-10H,11H2,(H,19,20,22). The van der Waals surface area contributed by atoms with Crippen molar-refractivity contribution in [1.29, 1.82) is 0 Å². The molecule has 0 unspecified atom stereocenters. The van der Waals surface area contributed by atoms with Crippen molar-refractivity contribution in [2.45, 2.75) is 14.9 Å². The molecule has 2 heterocycles. The van der Waals surface area contributed by atoms with Gasteiger partial charge in [-0.25, -0.2) is 4.98 Å². The summed E-state index contributed by atoms with van der Waals surface area (Å²) in [6, 6.07) is 17.1. The number of aromatic nitrogens is 2. The Morgan fingerprint density at radius 2 is 1.68 bits per heavy atom. The summed E-state index contributed by atoms with van der Waals surface area (Å²) in [5.41, 5.74) is 1.53. The summed E-state index contributed by atoms with van der Waals surface area (Å²) in [4.78, 5) is 34.9. The maximum absolute atomic E-state index is 13.0. The van der Waals surface area contributed by atoms with Gasteiger partial charge in [0.2, 0.25) is 5.91 Å². The maximum atomic E-state index is 13.0. The molecule has 7 heteroatoms. The van der Waals surface area contributed by atoms with E-state index in [9.17, 15) is 9.59 Å². The second kappa shape index (κ2) is 6.78. The molecule has 4 rings (SSSR count). The second-order valence-electron chi connectivity index (χ2n) is 5.29. The molecule has 0 saturated heterocycles. The van der Waals surface area contributed by atoms with Crippen LogP contribution in [0.25, 0.3) is 0 Å². The maximum Gasteiger partial charge on any atom is 0.251 e. The molecule has 3 aromatic rings. The van der Waals surface area contributed by atoms with Crippen molar-refractivity contribution in [3.8, 4) is 0 Å². The van der Waals surface area contributed by atoms with Crippen molar-refractivity contribution in [3.63, 3.8) is 0 Å². The molecule has 0 spiro atoms. The first kappa shape index (κ1) is 16.0. The van der Waals surface area contributed by atoms with Crippen LogP contribution in [0.3, 0.4) is 0 Å². The third-order valence-corrected chi connectivity index (χ3v) is 5.66. The van der Waals surface area contributed by atoms with Crippen LogP contribution in [0.5, 0.6) is 0 Å². The molecule has 1 N–H and O–H groups in total. The van der Waals surface area contributed by atoms with E-state index >= 15 is 0 Å². The van der Waals surface area contributed by atoms with E-state index in [0.717, 1.165) is 21.2 Å². The number of nitrogens with zero attached hydrogens (tertiary/aromatic N) is 2. The van der Waals surface area contributed by atoms with Gasteiger partial charge in [-0.15, -0.1) is 0 Å². The first-order valence-corrected chi connectivity index (χ1v) is 9.39. The van der Waals surface area contributed by atoms with Gasteiger partial charge in [0.25, 0.3) is 5.56 Å². The number of anilines is 2. The Bertz CT molecular complexity index is 958. The van der Waals surface area contributed by atoms with Gasteiger partial charge in [-0.2, -0.15) is 0 Å². The largest absolute Gasteiger partial charge is 0.301 e. The molecular weight excluding hydrogens is 354 g/mol. The van der Waals surface area contributed by atoms with Crippen molar-refractivity contribution in [1.82, 2.24) is 9.97 Å². The quantitative estimate of drug-likeness (QED) is 0.565. The van der Waals surface area contributed by atoms with Gasteiger partial charge in [-0.1, -0.05) is 47.8 Å². The van der Waals surface area contributed by atoms with Gasteiger partial charge < -0.3 is 4.98 Å². The van der Waals surface area contributed by atoms with Crippen LogP contribution in [0, 0.1) is 0 Å². The van der Waals surface area contributed by atoms with Crippen LogP contribution in [0.4, 0.5) is 11.4 Å². The highest BCUT2D eigenvalue weighted by Gasteiger charge is 2.27. The summed E-state index contributed by atoms with van der Waals surface area (Å²) in [6.07, 6.45) is 1.44. The van der Waals surface area contributed by atoms with Crippen LogP contribution in [0.1, 0.15) is 0 Å². The van der Waals surface area contributed by atoms with Crippen molar-refractivity contribution < 1.29 is 4.79 Å². The van der Waals surface area contributed by atoms with Crippen LogP contribution < -0.4 is 10.5 Å². The Morgan fingerprint density at radius 1 is 1.04 bits per heavy atom. The van der Waals surface area contributed by atoms with Gasteiger partial charge in [0.05, 0.1) is 17.1 Å². The van der Waals surface area contributed by atoms with Gasteiger partial charge >= 0.3 is 0 Å². The minimum Gasteiger partial charge on any atom is -0.301 e. The topological polar surface area (TPSA) is 66.1 Å². The van der Waals surface area contributed by atoms with E-state index in [4.69, 9.17) is 0 Å². The summed E-state index contributed by atoms with van der Waals surface area (Å²) < 4.78 is 0. The fourth-order valence-corrected chi connectivity index (χ4v) is 4.35. The molecule has 5 nitrogen and oxygen atoms in total. The number of aromatic amines is 1. The third-order valence-electron chi connectivity index (χ3n) is 3.66. The van der Waals surface area contributed by atoms with Gasteiger partial charge in [0.15, 0.2) is 5.16 Å². The Kier molecular flexibility index (Phi) is 4.33. The predicted molar refractivity (Wildman–Crippen MR) is 99.7 cm³/mol. The van der Waals surface area contributed by atoms with Crippen LogP contribution in [-0.2, 0) is 4.79 Å². The summed E-state index contributed by atoms with van der Waals surface area (Å²) in [5.74, 6) is 0.122. The summed E-state index contributed by atoms with van der Waals surface area (Å²) in [7, 11) is 0. The highest BCUT2D eigenvalue weighted by Crippen LogP contribution is 2.48. The minimum absolute atomic E-state index is 0.0586. The Hall–Kier alpha value is -2.51. The smallest absolute Gasteiger partial charge is 0.251 e. The van der Waals surface area contributed by atoms with Gasteiger partial charge in [0.1, 0.15) is 0 Å². The Morgan fingerprint density at radius 3 is 2.32 bits per heavy atom. The van der Waals surface area contributed by atoms with E-state index in [1.807, 2.05) is 48.5 Å². The van der Waals surface area contributed by atoms with E-state index in [1.165, 1.54) is 24.0 Å². The fraction of sp³-hybridized carbons (Fsp3) is 0.0556. The van der Waals surface area contributed by atoms with Crippen molar-refractivity contribution in [2.24, 2.45) is 0 Å². The number of para-hydroxylation sites is 2. The molecule has 1 aromatic heterocycles. The summed E-state index contributed by atoms with van der Waals surface area (Å²) >= 11 is 2.88. The molecule has 2 aromatic carbocycles. The van der Waals surface area contributed by atoms with Gasteiger partial charge in [-0.05, 0) is 24.3 Å². The first-order valence-electron chi connectivity index (χ1n) is 7.59. The number of hydrogen-bond acceptors (Lipinski definition) is 5. The van der Waals surface area contributed by atoms with E-state index in [0.29, 0.717) is 5.16 Å². The molecule has 0 atom stereocenters. The molecule has 0 fully saturated rings. The molecule has 0 aliphatic carbocycles. The summed E-state index contributed by atoms with van der Waals surface area (Å²) in [5, 5.41) is 0.439. The number of hydrogen-bond donors (Lipinski definition) is 1. The number of carbonyl (C=O) groups is 1. The number of fused-ring (bicyclic) bond motifs is 2. The monoisotopic (exact) mass is 367 g/mol. The van der Waals surface area contributed by atoms with Crippen molar-refractivity contribution in [3.05, 3.63) is 71.1 Å². The lowest BCUT2D eigenvalue weighted by Crippen LogP contribution is -2.30. The number of carbonyl (C=O) groups excluding carboxylic acids is 1. The molecule has 0 radical (unpaired) electrons. The molecule has 124 valence electrons. The van der Waals surface area contributed by atoms with E-state index in [-0.39, 0.29) is 17.2 Å².